The molecule has 0 heterocycles. The fraction of sp³-hybridized carbons (Fsp3) is 0.176. The van der Waals surface area contributed by atoms with Gasteiger partial charge in [-0.05, 0) is 11.1 Å². The van der Waals surface area contributed by atoms with Crippen molar-refractivity contribution in [3.8, 4) is 11.1 Å². The van der Waals surface area contributed by atoms with E-state index in [1.807, 2.05) is 0 Å². The summed E-state index contributed by atoms with van der Waals surface area (Å²) >= 11 is 0. The molecule has 0 saturated carbocycles. The zero-order chi connectivity index (χ0) is 18.1. The predicted octanol–water partition coefficient (Wildman–Crippen LogP) is 4.21. The van der Waals surface area contributed by atoms with Gasteiger partial charge in [0.1, 0.15) is 0 Å². The maximum atomic E-state index is 13.6. The largest absolute Gasteiger partial charge is 0.477 e. The SMILES string of the molecule is CC(=O)C(F)(F)c1ccc(-c2ccc(C(F)(F)C(=O)O)cc2)cc1. The van der Waals surface area contributed by atoms with Gasteiger partial charge in [0, 0.05) is 18.1 Å². The third kappa shape index (κ3) is 3.15. The van der Waals surface area contributed by atoms with Crippen LogP contribution in [0.1, 0.15) is 18.1 Å². The molecule has 126 valence electrons. The van der Waals surface area contributed by atoms with Gasteiger partial charge in [0.05, 0.1) is 0 Å². The number of benzene rings is 2. The van der Waals surface area contributed by atoms with Gasteiger partial charge in [0.25, 0.3) is 0 Å². The summed E-state index contributed by atoms with van der Waals surface area (Å²) in [5, 5.41) is 8.48. The molecule has 0 amide bonds. The van der Waals surface area contributed by atoms with Crippen LogP contribution in [0.5, 0.6) is 0 Å². The lowest BCUT2D eigenvalue weighted by atomic mass is 9.98. The summed E-state index contributed by atoms with van der Waals surface area (Å²) in [6, 6.07) is 9.28. The van der Waals surface area contributed by atoms with E-state index >= 15 is 0 Å². The lowest BCUT2D eigenvalue weighted by Crippen LogP contribution is -2.25. The van der Waals surface area contributed by atoms with Crippen molar-refractivity contribution in [2.75, 3.05) is 0 Å². The number of carbonyl (C=O) groups excluding carboxylic acids is 1. The number of rotatable bonds is 5. The molecule has 0 aliphatic rings. The van der Waals surface area contributed by atoms with E-state index in [0.29, 0.717) is 11.1 Å². The summed E-state index contributed by atoms with van der Waals surface area (Å²) in [5.74, 6) is -11.1. The summed E-state index contributed by atoms with van der Waals surface area (Å²) in [6.07, 6.45) is 0. The van der Waals surface area contributed by atoms with E-state index in [1.54, 1.807) is 0 Å². The molecule has 0 bridgehead atoms. The minimum Gasteiger partial charge on any atom is -0.477 e. The van der Waals surface area contributed by atoms with Gasteiger partial charge in [-0.1, -0.05) is 48.5 Å². The van der Waals surface area contributed by atoms with Crippen LogP contribution in [0.4, 0.5) is 17.6 Å². The van der Waals surface area contributed by atoms with Gasteiger partial charge in [-0.3, -0.25) is 4.79 Å². The van der Waals surface area contributed by atoms with Gasteiger partial charge in [-0.25, -0.2) is 4.79 Å². The van der Waals surface area contributed by atoms with Crippen molar-refractivity contribution in [2.45, 2.75) is 18.8 Å². The summed E-state index contributed by atoms with van der Waals surface area (Å²) < 4.78 is 53.9. The minimum absolute atomic E-state index is 0.442. The molecule has 2 aromatic rings. The lowest BCUT2D eigenvalue weighted by molar-refractivity contribution is -0.166. The fourth-order valence-electron chi connectivity index (χ4n) is 2.07. The van der Waals surface area contributed by atoms with Crippen LogP contribution in [0.25, 0.3) is 11.1 Å². The van der Waals surface area contributed by atoms with Crippen molar-refractivity contribution in [3.05, 3.63) is 59.7 Å². The molecule has 0 aliphatic carbocycles. The molecule has 0 radical (unpaired) electrons. The van der Waals surface area contributed by atoms with Crippen LogP contribution < -0.4 is 0 Å². The molecule has 7 heteroatoms. The standard InChI is InChI=1S/C17H12F4O3/c1-10(22)16(18,19)13-6-2-11(3-7-13)12-4-8-14(9-5-12)17(20,21)15(23)24/h2-9H,1H3,(H,23,24). The van der Waals surface area contributed by atoms with Crippen LogP contribution in [0.15, 0.2) is 48.5 Å². The average Bonchev–Trinajstić information content (AvgIpc) is 2.54. The van der Waals surface area contributed by atoms with Gasteiger partial charge in [0.2, 0.25) is 5.78 Å². The van der Waals surface area contributed by atoms with E-state index in [9.17, 15) is 27.2 Å². The Kier molecular flexibility index (Phi) is 4.46. The molecular weight excluding hydrogens is 328 g/mol. The number of ketones is 1. The number of halogens is 4. The Morgan fingerprint density at radius 1 is 0.750 bits per heavy atom. The summed E-state index contributed by atoms with van der Waals surface area (Å²) in [5.41, 5.74) is -0.243. The predicted molar refractivity (Wildman–Crippen MR) is 78.0 cm³/mol. The monoisotopic (exact) mass is 340 g/mol. The van der Waals surface area contributed by atoms with E-state index in [0.717, 1.165) is 31.2 Å². The zero-order valence-electron chi connectivity index (χ0n) is 12.4. The maximum Gasteiger partial charge on any atom is 0.379 e. The third-order valence-corrected chi connectivity index (χ3v) is 3.54. The summed E-state index contributed by atoms with van der Waals surface area (Å²) in [4.78, 5) is 21.5. The quantitative estimate of drug-likeness (QED) is 0.830. The number of hydrogen-bond donors (Lipinski definition) is 1. The molecule has 0 spiro atoms. The molecule has 2 rings (SSSR count). The Hall–Kier alpha value is -2.70. The first-order chi connectivity index (χ1) is 11.1. The Balaban J connectivity index is 2.31. The van der Waals surface area contributed by atoms with Gasteiger partial charge in [0.15, 0.2) is 0 Å². The van der Waals surface area contributed by atoms with Crippen LogP contribution >= 0.6 is 0 Å². The maximum absolute atomic E-state index is 13.6. The molecule has 24 heavy (non-hydrogen) atoms. The van der Waals surface area contributed by atoms with Crippen molar-refractivity contribution < 1.29 is 32.3 Å². The topological polar surface area (TPSA) is 54.4 Å². The molecule has 0 saturated heterocycles. The highest BCUT2D eigenvalue weighted by Gasteiger charge is 2.41. The Labute approximate surface area is 134 Å². The molecular formula is C17H12F4O3. The van der Waals surface area contributed by atoms with Crippen LogP contribution in [0.3, 0.4) is 0 Å². The molecule has 1 N–H and O–H groups in total. The number of carboxylic acids is 1. The second-order valence-corrected chi connectivity index (χ2v) is 5.16. The molecule has 0 aromatic heterocycles. The first-order valence-corrected chi connectivity index (χ1v) is 6.78. The smallest absolute Gasteiger partial charge is 0.379 e. The van der Waals surface area contributed by atoms with Gasteiger partial charge in [-0.2, -0.15) is 17.6 Å². The number of carbonyl (C=O) groups is 2. The minimum atomic E-state index is -4.01. The van der Waals surface area contributed by atoms with Gasteiger partial charge >= 0.3 is 17.8 Å². The number of hydrogen-bond acceptors (Lipinski definition) is 2. The summed E-state index contributed by atoms with van der Waals surface area (Å²) in [7, 11) is 0. The van der Waals surface area contributed by atoms with Gasteiger partial charge in [-0.15, -0.1) is 0 Å². The second kappa shape index (κ2) is 6.07. The van der Waals surface area contributed by atoms with Crippen LogP contribution in [0, 0.1) is 0 Å². The molecule has 2 aromatic carbocycles. The fourth-order valence-corrected chi connectivity index (χ4v) is 2.07. The highest BCUT2D eigenvalue weighted by molar-refractivity contribution is 5.84. The number of Topliss-reactive ketones (excluding diaryl/α,β-unsaturated/α-hetero) is 1. The van der Waals surface area contributed by atoms with Crippen molar-refractivity contribution >= 4 is 11.8 Å². The number of carboxylic acid groups (broad SMARTS) is 1. The van der Waals surface area contributed by atoms with Crippen molar-refractivity contribution in [1.29, 1.82) is 0 Å². The Morgan fingerprint density at radius 2 is 1.08 bits per heavy atom. The molecule has 0 fully saturated rings. The van der Waals surface area contributed by atoms with E-state index in [-0.39, 0.29) is 0 Å². The number of aliphatic carboxylic acids is 1. The van der Waals surface area contributed by atoms with E-state index in [4.69, 9.17) is 5.11 Å². The van der Waals surface area contributed by atoms with Crippen LogP contribution in [0.2, 0.25) is 0 Å². The normalized spacial score (nSPS) is 12.0. The second-order valence-electron chi connectivity index (χ2n) is 5.16. The van der Waals surface area contributed by atoms with E-state index < -0.39 is 34.7 Å². The zero-order valence-corrected chi connectivity index (χ0v) is 12.4. The molecule has 0 unspecified atom stereocenters. The average molecular weight is 340 g/mol. The van der Waals surface area contributed by atoms with Crippen molar-refractivity contribution in [1.82, 2.24) is 0 Å². The van der Waals surface area contributed by atoms with Crippen LogP contribution in [-0.4, -0.2) is 16.9 Å². The Morgan fingerprint density at radius 3 is 1.38 bits per heavy atom. The highest BCUT2D eigenvalue weighted by Crippen LogP contribution is 2.32. The molecule has 0 atom stereocenters. The van der Waals surface area contributed by atoms with Crippen LogP contribution in [-0.2, 0) is 21.4 Å². The van der Waals surface area contributed by atoms with Crippen molar-refractivity contribution in [3.63, 3.8) is 0 Å². The first-order valence-electron chi connectivity index (χ1n) is 6.78. The lowest BCUT2D eigenvalue weighted by Gasteiger charge is -2.14. The first kappa shape index (κ1) is 17.7. The van der Waals surface area contributed by atoms with E-state index in [2.05, 4.69) is 0 Å². The third-order valence-electron chi connectivity index (χ3n) is 3.54. The molecule has 3 nitrogen and oxygen atoms in total. The van der Waals surface area contributed by atoms with Gasteiger partial charge < -0.3 is 5.11 Å². The summed E-state index contributed by atoms with van der Waals surface area (Å²) in [6.45, 7) is 0.787. The van der Waals surface area contributed by atoms with Crippen molar-refractivity contribution in [2.24, 2.45) is 0 Å². The number of alkyl halides is 4. The molecule has 0 aliphatic heterocycles. The highest BCUT2D eigenvalue weighted by atomic mass is 19.3. The van der Waals surface area contributed by atoms with E-state index in [1.165, 1.54) is 24.3 Å². The Bertz CT molecular complexity index is 698.